The number of benzene rings is 2. The highest BCUT2D eigenvalue weighted by Gasteiger charge is 2.24. The van der Waals surface area contributed by atoms with Crippen LogP contribution in [0, 0.1) is 0 Å². The zero-order chi connectivity index (χ0) is 18.1. The summed E-state index contributed by atoms with van der Waals surface area (Å²) >= 11 is 18.6. The van der Waals surface area contributed by atoms with E-state index in [1.165, 1.54) is 6.92 Å². The van der Waals surface area contributed by atoms with Gasteiger partial charge >= 0.3 is 0 Å². The molecule has 1 aromatic heterocycles. The Kier molecular flexibility index (Phi) is 5.04. The standard InChI is InChI=1S/C18H13Cl3N2O2/c1-9(24)23-16(12-5-4-10(19)7-14(12)20)13-8-15(21)11-3-2-6-22-17(11)18(13)25/h2-8,16,25H,1H3,(H,23,24)/t16-/m0/s1. The SMILES string of the molecule is CC(=O)N[C@@H](c1ccc(Cl)cc1Cl)c1cc(Cl)c2cccnc2c1O. The number of hydrogen-bond donors (Lipinski definition) is 2. The van der Waals surface area contributed by atoms with E-state index < -0.39 is 6.04 Å². The Morgan fingerprint density at radius 1 is 1.12 bits per heavy atom. The highest BCUT2D eigenvalue weighted by molar-refractivity contribution is 6.36. The summed E-state index contributed by atoms with van der Waals surface area (Å²) in [4.78, 5) is 15.9. The monoisotopic (exact) mass is 394 g/mol. The van der Waals surface area contributed by atoms with Gasteiger partial charge in [-0.05, 0) is 35.9 Å². The average molecular weight is 396 g/mol. The highest BCUT2D eigenvalue weighted by Crippen LogP contribution is 2.40. The number of rotatable bonds is 3. The van der Waals surface area contributed by atoms with E-state index in [1.54, 1.807) is 42.6 Å². The maximum absolute atomic E-state index is 11.7. The molecule has 1 heterocycles. The summed E-state index contributed by atoms with van der Waals surface area (Å²) in [5.41, 5.74) is 1.34. The smallest absolute Gasteiger partial charge is 0.217 e. The minimum absolute atomic E-state index is 0.0650. The van der Waals surface area contributed by atoms with Crippen molar-refractivity contribution < 1.29 is 9.90 Å². The van der Waals surface area contributed by atoms with Crippen LogP contribution in [0.15, 0.2) is 42.6 Å². The van der Waals surface area contributed by atoms with E-state index in [0.29, 0.717) is 37.1 Å². The van der Waals surface area contributed by atoms with Crippen molar-refractivity contribution in [3.05, 3.63) is 68.8 Å². The normalized spacial score (nSPS) is 12.2. The first-order valence-corrected chi connectivity index (χ1v) is 8.50. The molecule has 0 unspecified atom stereocenters. The molecule has 0 spiro atoms. The number of hydrogen-bond acceptors (Lipinski definition) is 3. The quantitative estimate of drug-likeness (QED) is 0.646. The van der Waals surface area contributed by atoms with Crippen molar-refractivity contribution in [3.8, 4) is 5.75 Å². The van der Waals surface area contributed by atoms with Gasteiger partial charge in [-0.2, -0.15) is 0 Å². The Bertz CT molecular complexity index is 976. The minimum atomic E-state index is -0.703. The van der Waals surface area contributed by atoms with E-state index in [-0.39, 0.29) is 11.7 Å². The number of fused-ring (bicyclic) bond motifs is 1. The molecule has 128 valence electrons. The number of nitrogens with zero attached hydrogens (tertiary/aromatic N) is 1. The van der Waals surface area contributed by atoms with E-state index in [2.05, 4.69) is 10.3 Å². The number of halogens is 3. The molecule has 25 heavy (non-hydrogen) atoms. The largest absolute Gasteiger partial charge is 0.505 e. The Balaban J connectivity index is 2.25. The van der Waals surface area contributed by atoms with E-state index in [9.17, 15) is 9.90 Å². The molecule has 7 heteroatoms. The third kappa shape index (κ3) is 3.52. The third-order valence-corrected chi connectivity index (χ3v) is 4.65. The summed E-state index contributed by atoms with van der Waals surface area (Å²) in [5, 5.41) is 15.4. The van der Waals surface area contributed by atoms with Crippen LogP contribution in [0.25, 0.3) is 10.9 Å². The lowest BCUT2D eigenvalue weighted by molar-refractivity contribution is -0.119. The van der Waals surface area contributed by atoms with Gasteiger partial charge in [0.1, 0.15) is 11.3 Å². The van der Waals surface area contributed by atoms with E-state index in [4.69, 9.17) is 34.8 Å². The molecule has 0 saturated heterocycles. The van der Waals surface area contributed by atoms with Crippen molar-refractivity contribution in [3.63, 3.8) is 0 Å². The van der Waals surface area contributed by atoms with Gasteiger partial charge in [-0.25, -0.2) is 0 Å². The van der Waals surface area contributed by atoms with E-state index in [1.807, 2.05) is 0 Å². The number of carbonyl (C=O) groups excluding carboxylic acids is 1. The summed E-state index contributed by atoms with van der Waals surface area (Å²) in [6.07, 6.45) is 1.56. The van der Waals surface area contributed by atoms with Crippen LogP contribution in [0.2, 0.25) is 15.1 Å². The Morgan fingerprint density at radius 2 is 1.88 bits per heavy atom. The lowest BCUT2D eigenvalue weighted by atomic mass is 9.96. The molecule has 1 amide bonds. The number of nitrogens with one attached hydrogen (secondary N) is 1. The van der Waals surface area contributed by atoms with Crippen LogP contribution >= 0.6 is 34.8 Å². The minimum Gasteiger partial charge on any atom is -0.505 e. The number of amides is 1. The van der Waals surface area contributed by atoms with Crippen molar-refractivity contribution >= 4 is 51.6 Å². The predicted molar refractivity (Wildman–Crippen MR) is 101 cm³/mol. The average Bonchev–Trinajstić information content (AvgIpc) is 2.56. The van der Waals surface area contributed by atoms with Gasteiger partial charge in [0.05, 0.1) is 11.1 Å². The third-order valence-electron chi connectivity index (χ3n) is 3.78. The molecule has 1 atom stereocenters. The van der Waals surface area contributed by atoms with Crippen LogP contribution < -0.4 is 5.32 Å². The first kappa shape index (κ1) is 17.8. The Labute approximate surface area is 159 Å². The maximum Gasteiger partial charge on any atom is 0.217 e. The van der Waals surface area contributed by atoms with Crippen molar-refractivity contribution in [2.24, 2.45) is 0 Å². The highest BCUT2D eigenvalue weighted by atomic mass is 35.5. The molecule has 2 N–H and O–H groups in total. The van der Waals surface area contributed by atoms with Crippen LogP contribution in [0.5, 0.6) is 5.75 Å². The molecule has 0 radical (unpaired) electrons. The van der Waals surface area contributed by atoms with Gasteiger partial charge in [0, 0.05) is 34.1 Å². The topological polar surface area (TPSA) is 62.2 Å². The van der Waals surface area contributed by atoms with Crippen molar-refractivity contribution in [1.29, 1.82) is 0 Å². The molecule has 3 rings (SSSR count). The maximum atomic E-state index is 11.7. The predicted octanol–water partition coefficient (Wildman–Crippen LogP) is 5.13. The van der Waals surface area contributed by atoms with E-state index >= 15 is 0 Å². The van der Waals surface area contributed by atoms with Gasteiger partial charge in [-0.15, -0.1) is 0 Å². The molecule has 0 aliphatic rings. The first-order chi connectivity index (χ1) is 11.9. The number of phenolic OH excluding ortho intramolecular Hbond substituents is 1. The number of aromatic nitrogens is 1. The zero-order valence-corrected chi connectivity index (χ0v) is 15.3. The van der Waals surface area contributed by atoms with E-state index in [0.717, 1.165) is 0 Å². The van der Waals surface area contributed by atoms with Crippen molar-refractivity contribution in [1.82, 2.24) is 10.3 Å². The summed E-state index contributed by atoms with van der Waals surface area (Å²) in [5.74, 6) is -0.350. The molecule has 0 aliphatic heterocycles. The van der Waals surface area contributed by atoms with Gasteiger partial charge in [0.2, 0.25) is 5.91 Å². The van der Waals surface area contributed by atoms with Gasteiger partial charge in [0.15, 0.2) is 0 Å². The second-order valence-corrected chi connectivity index (χ2v) is 6.75. The fraction of sp³-hybridized carbons (Fsp3) is 0.111. The lowest BCUT2D eigenvalue weighted by Gasteiger charge is -2.22. The Hall–Kier alpha value is -2.01. The zero-order valence-electron chi connectivity index (χ0n) is 13.1. The molecule has 0 fully saturated rings. The summed E-state index contributed by atoms with van der Waals surface area (Å²) in [6.45, 7) is 1.38. The fourth-order valence-electron chi connectivity index (χ4n) is 2.69. The number of carbonyl (C=O) groups is 1. The molecular formula is C18H13Cl3N2O2. The second-order valence-electron chi connectivity index (χ2n) is 5.50. The van der Waals surface area contributed by atoms with Crippen LogP contribution in [0.4, 0.5) is 0 Å². The number of aromatic hydroxyl groups is 1. The van der Waals surface area contributed by atoms with Gasteiger partial charge in [-0.1, -0.05) is 40.9 Å². The molecule has 2 aromatic carbocycles. The van der Waals surface area contributed by atoms with Crippen LogP contribution in [0.3, 0.4) is 0 Å². The Morgan fingerprint density at radius 3 is 2.56 bits per heavy atom. The molecule has 4 nitrogen and oxygen atoms in total. The molecule has 0 aliphatic carbocycles. The molecule has 3 aromatic rings. The van der Waals surface area contributed by atoms with Gasteiger partial charge < -0.3 is 10.4 Å². The summed E-state index contributed by atoms with van der Waals surface area (Å²) in [6, 6.07) is 9.33. The molecular weight excluding hydrogens is 383 g/mol. The fourth-order valence-corrected chi connectivity index (χ4v) is 3.48. The lowest BCUT2D eigenvalue weighted by Crippen LogP contribution is -2.27. The van der Waals surface area contributed by atoms with Crippen LogP contribution in [-0.4, -0.2) is 16.0 Å². The number of pyridine rings is 1. The first-order valence-electron chi connectivity index (χ1n) is 7.36. The summed E-state index contributed by atoms with van der Waals surface area (Å²) < 4.78 is 0. The van der Waals surface area contributed by atoms with Crippen molar-refractivity contribution in [2.75, 3.05) is 0 Å². The van der Waals surface area contributed by atoms with Crippen LogP contribution in [-0.2, 0) is 4.79 Å². The van der Waals surface area contributed by atoms with Crippen LogP contribution in [0.1, 0.15) is 24.1 Å². The summed E-state index contributed by atoms with van der Waals surface area (Å²) in [7, 11) is 0. The van der Waals surface area contributed by atoms with Crippen molar-refractivity contribution in [2.45, 2.75) is 13.0 Å². The van der Waals surface area contributed by atoms with Gasteiger partial charge in [-0.3, -0.25) is 9.78 Å². The number of phenols is 1. The van der Waals surface area contributed by atoms with Gasteiger partial charge in [0.25, 0.3) is 0 Å². The second kappa shape index (κ2) is 7.08. The molecule has 0 bridgehead atoms. The molecule has 0 saturated carbocycles.